The number of hydrogen-bond donors (Lipinski definition) is 0. The second-order valence-electron chi connectivity index (χ2n) is 6.38. The van der Waals surface area contributed by atoms with Crippen LogP contribution < -0.4 is 5.56 Å². The highest BCUT2D eigenvalue weighted by molar-refractivity contribution is 5.77. The molecule has 1 fully saturated rings. The molecule has 0 unspecified atom stereocenters. The minimum atomic E-state index is -0.342. The molecule has 0 saturated carbocycles. The van der Waals surface area contributed by atoms with Crippen LogP contribution in [-0.2, 0) is 20.9 Å². The predicted molar refractivity (Wildman–Crippen MR) is 92.5 cm³/mol. The first-order valence-corrected chi connectivity index (χ1v) is 8.70. The average Bonchev–Trinajstić information content (AvgIpc) is 3.12. The second-order valence-corrected chi connectivity index (χ2v) is 6.38. The highest BCUT2D eigenvalue weighted by atomic mass is 16.5. The van der Waals surface area contributed by atoms with E-state index in [9.17, 15) is 14.4 Å². The number of rotatable bonds is 5. The Morgan fingerprint density at radius 1 is 1.33 bits per heavy atom. The molecule has 10 heteroatoms. The van der Waals surface area contributed by atoms with Crippen LogP contribution in [0.25, 0.3) is 11.5 Å². The standard InChI is InChI=1S/C17H21N5O5/c1-11-19-15(27-20-11)13-9-18-10-22(16(13)24)8-5-14(23)21-6-3-12(4-7-21)17(25)26-2/h9-10,12H,3-8H2,1-2H3. The Morgan fingerprint density at radius 2 is 2.07 bits per heavy atom. The maximum Gasteiger partial charge on any atom is 0.308 e. The summed E-state index contributed by atoms with van der Waals surface area (Å²) in [6.07, 6.45) is 4.09. The van der Waals surface area contributed by atoms with Gasteiger partial charge in [-0.05, 0) is 19.8 Å². The third-order valence-electron chi connectivity index (χ3n) is 4.61. The van der Waals surface area contributed by atoms with Crippen molar-refractivity contribution in [2.45, 2.75) is 32.7 Å². The lowest BCUT2D eigenvalue weighted by Gasteiger charge is -2.30. The summed E-state index contributed by atoms with van der Waals surface area (Å²) in [5.41, 5.74) is -0.143. The zero-order valence-corrected chi connectivity index (χ0v) is 15.3. The predicted octanol–water partition coefficient (Wildman–Crippen LogP) is 0.403. The molecule has 0 atom stereocenters. The summed E-state index contributed by atoms with van der Waals surface area (Å²) in [4.78, 5) is 46.3. The molecular formula is C17H21N5O5. The topological polar surface area (TPSA) is 120 Å². The Balaban J connectivity index is 1.60. The van der Waals surface area contributed by atoms with Crippen LogP contribution in [-0.4, -0.2) is 56.7 Å². The van der Waals surface area contributed by atoms with Crippen molar-refractivity contribution in [3.8, 4) is 11.5 Å². The first-order chi connectivity index (χ1) is 13.0. The monoisotopic (exact) mass is 375 g/mol. The van der Waals surface area contributed by atoms with Crippen molar-refractivity contribution in [3.05, 3.63) is 28.7 Å². The minimum absolute atomic E-state index is 0.0655. The van der Waals surface area contributed by atoms with Gasteiger partial charge in [-0.1, -0.05) is 5.16 Å². The van der Waals surface area contributed by atoms with Gasteiger partial charge in [0.2, 0.25) is 5.91 Å². The number of likely N-dealkylation sites (tertiary alicyclic amines) is 1. The summed E-state index contributed by atoms with van der Waals surface area (Å²) in [7, 11) is 1.37. The van der Waals surface area contributed by atoms with Crippen molar-refractivity contribution in [3.63, 3.8) is 0 Å². The summed E-state index contributed by atoms with van der Waals surface area (Å²) in [6.45, 7) is 2.87. The number of aromatic nitrogens is 4. The lowest BCUT2D eigenvalue weighted by atomic mass is 9.97. The Hall–Kier alpha value is -3.04. The van der Waals surface area contributed by atoms with Gasteiger partial charge in [-0.15, -0.1) is 0 Å². The molecule has 10 nitrogen and oxygen atoms in total. The van der Waals surface area contributed by atoms with Crippen molar-refractivity contribution in [2.24, 2.45) is 5.92 Å². The summed E-state index contributed by atoms with van der Waals surface area (Å²) in [6, 6.07) is 0. The van der Waals surface area contributed by atoms with Gasteiger partial charge in [0.25, 0.3) is 11.4 Å². The van der Waals surface area contributed by atoms with Crippen molar-refractivity contribution < 1.29 is 18.8 Å². The third kappa shape index (κ3) is 4.21. The summed E-state index contributed by atoms with van der Waals surface area (Å²) in [5.74, 6) is 0.0818. The number of aryl methyl sites for hydroxylation is 2. The van der Waals surface area contributed by atoms with E-state index in [0.29, 0.717) is 31.8 Å². The van der Waals surface area contributed by atoms with E-state index in [1.807, 2.05) is 0 Å². The molecule has 2 aromatic heterocycles. The fourth-order valence-electron chi connectivity index (χ4n) is 3.07. The smallest absolute Gasteiger partial charge is 0.308 e. The molecule has 27 heavy (non-hydrogen) atoms. The Kier molecular flexibility index (Phi) is 5.63. The largest absolute Gasteiger partial charge is 0.469 e. The molecule has 0 aromatic carbocycles. The molecular weight excluding hydrogens is 354 g/mol. The van der Waals surface area contributed by atoms with Gasteiger partial charge < -0.3 is 14.2 Å². The van der Waals surface area contributed by atoms with E-state index >= 15 is 0 Å². The Morgan fingerprint density at radius 3 is 2.70 bits per heavy atom. The number of nitrogens with zero attached hydrogens (tertiary/aromatic N) is 5. The first-order valence-electron chi connectivity index (χ1n) is 8.70. The normalized spacial score (nSPS) is 15.0. The maximum absolute atomic E-state index is 12.5. The van der Waals surface area contributed by atoms with Crippen molar-refractivity contribution in [1.29, 1.82) is 0 Å². The van der Waals surface area contributed by atoms with Crippen LogP contribution in [0.3, 0.4) is 0 Å². The van der Waals surface area contributed by atoms with Gasteiger partial charge in [-0.3, -0.25) is 19.0 Å². The molecule has 0 radical (unpaired) electrons. The molecule has 0 spiro atoms. The van der Waals surface area contributed by atoms with Crippen LogP contribution in [0, 0.1) is 12.8 Å². The van der Waals surface area contributed by atoms with Gasteiger partial charge in [-0.25, -0.2) is 4.98 Å². The SMILES string of the molecule is COC(=O)C1CCN(C(=O)CCn2cncc(-c3nc(C)no3)c2=O)CC1. The number of carbonyl (C=O) groups is 2. The van der Waals surface area contributed by atoms with E-state index in [-0.39, 0.29) is 47.8 Å². The van der Waals surface area contributed by atoms with E-state index in [0.717, 1.165) is 0 Å². The molecule has 144 valence electrons. The van der Waals surface area contributed by atoms with Crippen LogP contribution in [0.1, 0.15) is 25.1 Å². The maximum atomic E-state index is 12.5. The molecule has 0 N–H and O–H groups in total. The van der Waals surface area contributed by atoms with Crippen molar-refractivity contribution >= 4 is 11.9 Å². The molecule has 2 aromatic rings. The van der Waals surface area contributed by atoms with Gasteiger partial charge in [0.05, 0.1) is 19.4 Å². The quantitative estimate of drug-likeness (QED) is 0.689. The van der Waals surface area contributed by atoms with E-state index in [2.05, 4.69) is 15.1 Å². The van der Waals surface area contributed by atoms with E-state index in [1.54, 1.807) is 11.8 Å². The lowest BCUT2D eigenvalue weighted by Crippen LogP contribution is -2.41. The van der Waals surface area contributed by atoms with Crippen LogP contribution in [0.4, 0.5) is 0 Å². The van der Waals surface area contributed by atoms with Crippen molar-refractivity contribution in [1.82, 2.24) is 24.6 Å². The Bertz CT molecular complexity index is 882. The lowest BCUT2D eigenvalue weighted by molar-refractivity contribution is -0.148. The first kappa shape index (κ1) is 18.7. The van der Waals surface area contributed by atoms with E-state index in [4.69, 9.17) is 9.26 Å². The number of piperidine rings is 1. The number of carbonyl (C=O) groups excluding carboxylic acids is 2. The van der Waals surface area contributed by atoms with E-state index < -0.39 is 0 Å². The average molecular weight is 375 g/mol. The highest BCUT2D eigenvalue weighted by Gasteiger charge is 2.27. The third-order valence-corrected chi connectivity index (χ3v) is 4.61. The molecule has 1 amide bonds. The minimum Gasteiger partial charge on any atom is -0.469 e. The number of hydrogen-bond acceptors (Lipinski definition) is 8. The molecule has 3 heterocycles. The van der Waals surface area contributed by atoms with Crippen molar-refractivity contribution in [2.75, 3.05) is 20.2 Å². The molecule has 1 saturated heterocycles. The fraction of sp³-hybridized carbons (Fsp3) is 0.529. The highest BCUT2D eigenvalue weighted by Crippen LogP contribution is 2.19. The molecule has 0 bridgehead atoms. The van der Waals surface area contributed by atoms with Crippen LogP contribution in [0.5, 0.6) is 0 Å². The molecule has 3 rings (SSSR count). The summed E-state index contributed by atoms with van der Waals surface area (Å²) in [5, 5.41) is 3.67. The zero-order chi connectivity index (χ0) is 19.4. The molecule has 1 aliphatic heterocycles. The van der Waals surface area contributed by atoms with Gasteiger partial charge in [0, 0.05) is 32.3 Å². The van der Waals surface area contributed by atoms with Gasteiger partial charge >= 0.3 is 5.97 Å². The van der Waals surface area contributed by atoms with Gasteiger partial charge in [-0.2, -0.15) is 4.98 Å². The number of amides is 1. The summed E-state index contributed by atoms with van der Waals surface area (Å²) >= 11 is 0. The van der Waals surface area contributed by atoms with Crippen LogP contribution in [0.2, 0.25) is 0 Å². The second kappa shape index (κ2) is 8.11. The molecule has 0 aliphatic carbocycles. The van der Waals surface area contributed by atoms with Crippen LogP contribution in [0.15, 0.2) is 21.8 Å². The van der Waals surface area contributed by atoms with Gasteiger partial charge in [0.1, 0.15) is 5.56 Å². The number of methoxy groups -OCH3 is 1. The summed E-state index contributed by atoms with van der Waals surface area (Å²) < 4.78 is 11.1. The number of ether oxygens (including phenoxy) is 1. The van der Waals surface area contributed by atoms with Crippen LogP contribution >= 0.6 is 0 Å². The fourth-order valence-corrected chi connectivity index (χ4v) is 3.07. The molecule has 1 aliphatic rings. The Labute approximate surface area is 155 Å². The van der Waals surface area contributed by atoms with E-state index in [1.165, 1.54) is 24.2 Å². The number of esters is 1. The zero-order valence-electron chi connectivity index (χ0n) is 15.3. The van der Waals surface area contributed by atoms with Gasteiger partial charge in [0.15, 0.2) is 5.82 Å².